The predicted molar refractivity (Wildman–Crippen MR) is 163 cm³/mol. The zero-order valence-corrected chi connectivity index (χ0v) is 25.1. The lowest BCUT2D eigenvalue weighted by Gasteiger charge is -2.37. The fourth-order valence-corrected chi connectivity index (χ4v) is 5.27. The van der Waals surface area contributed by atoms with E-state index >= 15 is 0 Å². The van der Waals surface area contributed by atoms with Gasteiger partial charge in [-0.2, -0.15) is 0 Å². The number of aromatic nitrogens is 1. The van der Waals surface area contributed by atoms with Gasteiger partial charge in [0.05, 0.1) is 5.54 Å². The van der Waals surface area contributed by atoms with E-state index in [1.807, 2.05) is 52.0 Å². The van der Waals surface area contributed by atoms with Crippen molar-refractivity contribution in [1.29, 1.82) is 5.41 Å². The second-order valence-electron chi connectivity index (χ2n) is 12.3. The number of aryl methyl sites for hydroxylation is 2. The van der Waals surface area contributed by atoms with Crippen molar-refractivity contribution in [3.63, 3.8) is 0 Å². The third-order valence-corrected chi connectivity index (χ3v) is 7.44. The Kier molecular flexibility index (Phi) is 9.72. The summed E-state index contributed by atoms with van der Waals surface area (Å²) in [5, 5.41) is 17.6. The monoisotopic (exact) mass is 545 g/mol. The minimum Gasteiger partial charge on any atom is -0.355 e. The van der Waals surface area contributed by atoms with E-state index in [-0.39, 0.29) is 23.2 Å². The molecule has 1 heterocycles. The number of amides is 2. The maximum Gasteiger partial charge on any atom is 0.315 e. The highest BCUT2D eigenvalue weighted by atomic mass is 19.1. The Morgan fingerprint density at radius 2 is 1.70 bits per heavy atom. The van der Waals surface area contributed by atoms with Crippen LogP contribution < -0.4 is 16.0 Å². The molecule has 2 aromatic carbocycles. The number of benzene rings is 2. The molecule has 0 spiro atoms. The number of anilines is 2. The van der Waals surface area contributed by atoms with Gasteiger partial charge in [-0.3, -0.25) is 4.98 Å². The summed E-state index contributed by atoms with van der Waals surface area (Å²) in [5.41, 5.74) is 5.40. The zero-order chi connectivity index (χ0) is 29.7. The third kappa shape index (κ3) is 7.90. The first-order valence-electron chi connectivity index (χ1n) is 13.9. The van der Waals surface area contributed by atoms with Gasteiger partial charge >= 0.3 is 6.03 Å². The molecule has 214 valence electrons. The Bertz CT molecular complexity index is 1330. The highest BCUT2D eigenvalue weighted by molar-refractivity contribution is 5.87. The molecule has 0 aliphatic heterocycles. The number of rotatable bonds is 11. The first-order valence-corrected chi connectivity index (χ1v) is 13.9. The van der Waals surface area contributed by atoms with Crippen molar-refractivity contribution in [3.8, 4) is 0 Å². The molecule has 0 aliphatic rings. The fourth-order valence-electron chi connectivity index (χ4n) is 5.27. The SMILES string of the molecule is Cc1ccc(C(C)(C)NC(=O)NCC(C)(C)C(CC(C)C)c2ccc(Nc3ccc(F)cc3)c(C=N)c2)c(C)n1. The van der Waals surface area contributed by atoms with Crippen molar-refractivity contribution < 1.29 is 9.18 Å². The Morgan fingerprint density at radius 3 is 2.30 bits per heavy atom. The fraction of sp³-hybridized carbons (Fsp3) is 0.424. The van der Waals surface area contributed by atoms with E-state index in [0.29, 0.717) is 12.5 Å². The van der Waals surface area contributed by atoms with Crippen LogP contribution in [-0.4, -0.2) is 23.8 Å². The number of halogens is 1. The van der Waals surface area contributed by atoms with Gasteiger partial charge in [0, 0.05) is 41.1 Å². The number of carbonyl (C=O) groups is 1. The molecule has 0 radical (unpaired) electrons. The van der Waals surface area contributed by atoms with Crippen LogP contribution in [0.2, 0.25) is 0 Å². The van der Waals surface area contributed by atoms with Crippen molar-refractivity contribution in [1.82, 2.24) is 15.6 Å². The maximum atomic E-state index is 13.3. The summed E-state index contributed by atoms with van der Waals surface area (Å²) in [6, 6.07) is 16.0. The van der Waals surface area contributed by atoms with Crippen molar-refractivity contribution in [2.24, 2.45) is 11.3 Å². The number of pyridine rings is 1. The largest absolute Gasteiger partial charge is 0.355 e. The number of nitrogens with zero attached hydrogens (tertiary/aromatic N) is 1. The molecule has 7 heteroatoms. The lowest BCUT2D eigenvalue weighted by Crippen LogP contribution is -2.49. The Balaban J connectivity index is 1.77. The van der Waals surface area contributed by atoms with Crippen LogP contribution in [0.1, 0.15) is 82.0 Å². The van der Waals surface area contributed by atoms with Crippen LogP contribution in [0.4, 0.5) is 20.6 Å². The van der Waals surface area contributed by atoms with Gasteiger partial charge in [-0.25, -0.2) is 9.18 Å². The van der Waals surface area contributed by atoms with E-state index in [9.17, 15) is 9.18 Å². The highest BCUT2D eigenvalue weighted by Crippen LogP contribution is 2.41. The molecule has 40 heavy (non-hydrogen) atoms. The Morgan fingerprint density at radius 1 is 1.02 bits per heavy atom. The number of urea groups is 1. The molecule has 0 saturated heterocycles. The van der Waals surface area contributed by atoms with E-state index in [2.05, 4.69) is 54.7 Å². The molecule has 4 N–H and O–H groups in total. The van der Waals surface area contributed by atoms with E-state index < -0.39 is 5.54 Å². The normalized spacial score (nSPS) is 12.7. The van der Waals surface area contributed by atoms with Crippen LogP contribution in [0.3, 0.4) is 0 Å². The Hall–Kier alpha value is -3.74. The number of carbonyl (C=O) groups excluding carboxylic acids is 1. The van der Waals surface area contributed by atoms with Crippen LogP contribution >= 0.6 is 0 Å². The van der Waals surface area contributed by atoms with Gasteiger partial charge in [-0.05, 0) is 105 Å². The van der Waals surface area contributed by atoms with E-state index in [0.717, 1.165) is 45.9 Å². The molecule has 1 atom stereocenters. The number of hydrogen-bond donors (Lipinski definition) is 4. The lowest BCUT2D eigenvalue weighted by molar-refractivity contribution is 0.210. The van der Waals surface area contributed by atoms with Crippen LogP contribution in [0.15, 0.2) is 54.6 Å². The van der Waals surface area contributed by atoms with Gasteiger partial charge in [-0.15, -0.1) is 0 Å². The summed E-state index contributed by atoms with van der Waals surface area (Å²) < 4.78 is 13.3. The molecule has 2 amide bonds. The molecule has 0 aliphatic carbocycles. The average molecular weight is 546 g/mol. The first kappa shape index (κ1) is 30.8. The molecular weight excluding hydrogens is 501 g/mol. The van der Waals surface area contributed by atoms with Crippen LogP contribution in [-0.2, 0) is 5.54 Å². The third-order valence-electron chi connectivity index (χ3n) is 7.44. The minimum atomic E-state index is -0.581. The van der Waals surface area contributed by atoms with Gasteiger partial charge in [0.15, 0.2) is 0 Å². The molecule has 0 bridgehead atoms. The highest BCUT2D eigenvalue weighted by Gasteiger charge is 2.33. The minimum absolute atomic E-state index is 0.142. The number of nitrogens with one attached hydrogen (secondary N) is 4. The summed E-state index contributed by atoms with van der Waals surface area (Å²) in [6.45, 7) is 17.1. The van der Waals surface area contributed by atoms with Gasteiger partial charge in [0.1, 0.15) is 5.82 Å². The summed E-state index contributed by atoms with van der Waals surface area (Å²) >= 11 is 0. The average Bonchev–Trinajstić information content (AvgIpc) is 2.87. The second-order valence-corrected chi connectivity index (χ2v) is 12.3. The van der Waals surface area contributed by atoms with Crippen molar-refractivity contribution in [3.05, 3.63) is 88.5 Å². The summed E-state index contributed by atoms with van der Waals surface area (Å²) in [6.07, 6.45) is 2.27. The first-order chi connectivity index (χ1) is 18.7. The van der Waals surface area contributed by atoms with E-state index in [1.165, 1.54) is 18.3 Å². The van der Waals surface area contributed by atoms with Gasteiger partial charge < -0.3 is 21.4 Å². The molecule has 0 fully saturated rings. The van der Waals surface area contributed by atoms with Crippen LogP contribution in [0.5, 0.6) is 0 Å². The smallest absolute Gasteiger partial charge is 0.315 e. The quantitative estimate of drug-likeness (QED) is 0.184. The molecule has 1 unspecified atom stereocenters. The zero-order valence-electron chi connectivity index (χ0n) is 25.1. The van der Waals surface area contributed by atoms with Crippen molar-refractivity contribution in [2.75, 3.05) is 11.9 Å². The second kappa shape index (κ2) is 12.6. The Labute approximate surface area is 238 Å². The van der Waals surface area contributed by atoms with Crippen LogP contribution in [0, 0.1) is 36.4 Å². The van der Waals surface area contributed by atoms with Crippen molar-refractivity contribution >= 4 is 23.6 Å². The van der Waals surface area contributed by atoms with Gasteiger partial charge in [0.2, 0.25) is 0 Å². The lowest BCUT2D eigenvalue weighted by atomic mass is 9.71. The summed E-state index contributed by atoms with van der Waals surface area (Å²) in [4.78, 5) is 17.6. The van der Waals surface area contributed by atoms with E-state index in [1.54, 1.807) is 12.1 Å². The molecule has 3 aromatic rings. The molecule has 3 rings (SSSR count). The molecular formula is C33H44FN5O. The summed E-state index contributed by atoms with van der Waals surface area (Å²) in [7, 11) is 0. The van der Waals surface area contributed by atoms with E-state index in [4.69, 9.17) is 5.41 Å². The molecule has 6 nitrogen and oxygen atoms in total. The number of hydrogen-bond acceptors (Lipinski definition) is 4. The summed E-state index contributed by atoms with van der Waals surface area (Å²) in [5.74, 6) is 0.289. The topological polar surface area (TPSA) is 89.9 Å². The molecule has 0 saturated carbocycles. The van der Waals surface area contributed by atoms with Crippen LogP contribution in [0.25, 0.3) is 0 Å². The maximum absolute atomic E-state index is 13.3. The van der Waals surface area contributed by atoms with Gasteiger partial charge in [0.25, 0.3) is 0 Å². The standard InChI is InChI=1S/C33H44FN5O/c1-21(2)17-29(24-10-16-30(25(18-24)19-35)38-27-13-11-26(34)12-14-27)32(5,6)20-36-31(40)39-33(7,8)28-15-9-22(3)37-23(28)4/h9-16,18-19,21,29,35,38H,17,20H2,1-8H3,(H2,36,39,40). The predicted octanol–water partition coefficient (Wildman–Crippen LogP) is 7.97. The molecule has 1 aromatic heterocycles. The van der Waals surface area contributed by atoms with Gasteiger partial charge in [-0.1, -0.05) is 39.8 Å². The van der Waals surface area contributed by atoms with Crippen molar-refractivity contribution in [2.45, 2.75) is 73.3 Å².